The van der Waals surface area contributed by atoms with Crippen LogP contribution in [0.25, 0.3) is 0 Å². The minimum atomic E-state index is -1.75. The topological polar surface area (TPSA) is 97.4 Å². The fourth-order valence-corrected chi connectivity index (χ4v) is 0.250. The Morgan fingerprint density at radius 2 is 1.18 bits per heavy atom. The highest BCUT2D eigenvalue weighted by Gasteiger charge is 1.91. The SMILES string of the molecule is COC(C)=O.COC(C)=O.COOS(=O)OC. The number of carbonyl (C=O) groups excluding carboxylic acids is 2. The average molecular weight is 274 g/mol. The van der Waals surface area contributed by atoms with E-state index in [1.54, 1.807) is 0 Å². The largest absolute Gasteiger partial charge is 0.469 e. The second-order valence-electron chi connectivity index (χ2n) is 2.00. The number of carbonyl (C=O) groups is 2. The van der Waals surface area contributed by atoms with Crippen LogP contribution < -0.4 is 0 Å². The molecule has 104 valence electrons. The second-order valence-corrected chi connectivity index (χ2v) is 2.87. The minimum absolute atomic E-state index is 0.245. The van der Waals surface area contributed by atoms with E-state index in [-0.39, 0.29) is 11.9 Å². The maximum absolute atomic E-state index is 9.95. The van der Waals surface area contributed by atoms with Gasteiger partial charge < -0.3 is 9.47 Å². The molecule has 0 rings (SSSR count). The van der Waals surface area contributed by atoms with Crippen LogP contribution >= 0.6 is 0 Å². The number of hydrogen-bond acceptors (Lipinski definition) is 8. The Morgan fingerprint density at radius 1 is 0.882 bits per heavy atom. The van der Waals surface area contributed by atoms with Crippen LogP contribution in [-0.2, 0) is 43.8 Å². The fourth-order valence-electron chi connectivity index (χ4n) is 0.0833. The minimum Gasteiger partial charge on any atom is -0.469 e. The first-order chi connectivity index (χ1) is 7.85. The number of ether oxygens (including phenoxy) is 2. The third-order valence-electron chi connectivity index (χ3n) is 0.835. The van der Waals surface area contributed by atoms with Gasteiger partial charge in [0.25, 0.3) is 0 Å². The Bertz CT molecular complexity index is 204. The zero-order valence-electron chi connectivity index (χ0n) is 10.7. The molecular formula is C8H18O8S. The van der Waals surface area contributed by atoms with Crippen molar-refractivity contribution in [1.29, 1.82) is 0 Å². The van der Waals surface area contributed by atoms with E-state index in [1.807, 2.05) is 0 Å². The highest BCUT2D eigenvalue weighted by molar-refractivity contribution is 7.75. The molecule has 0 aromatic heterocycles. The summed E-state index contributed by atoms with van der Waals surface area (Å²) in [5.74, 6) is -0.491. The molecule has 0 heterocycles. The molecule has 1 atom stereocenters. The first kappa shape index (κ1) is 21.3. The quantitative estimate of drug-likeness (QED) is 0.407. The van der Waals surface area contributed by atoms with E-state index in [4.69, 9.17) is 0 Å². The van der Waals surface area contributed by atoms with Gasteiger partial charge in [0.2, 0.25) is 0 Å². The molecule has 0 aromatic carbocycles. The smallest absolute Gasteiger partial charge is 0.333 e. The van der Waals surface area contributed by atoms with Crippen molar-refractivity contribution < 1.29 is 36.7 Å². The molecule has 0 bridgehead atoms. The van der Waals surface area contributed by atoms with Crippen LogP contribution in [0.15, 0.2) is 0 Å². The van der Waals surface area contributed by atoms with E-state index in [1.165, 1.54) is 42.3 Å². The summed E-state index contributed by atoms with van der Waals surface area (Å²) >= 11 is -1.75. The van der Waals surface area contributed by atoms with E-state index in [9.17, 15) is 13.8 Å². The van der Waals surface area contributed by atoms with Crippen molar-refractivity contribution in [1.82, 2.24) is 0 Å². The highest BCUT2D eigenvalue weighted by Crippen LogP contribution is 1.82. The summed E-state index contributed by atoms with van der Waals surface area (Å²) in [4.78, 5) is 23.1. The summed E-state index contributed by atoms with van der Waals surface area (Å²) in [6.07, 6.45) is 0. The Labute approximate surface area is 103 Å². The Kier molecular flexibility index (Phi) is 21.7. The molecular weight excluding hydrogens is 256 g/mol. The molecule has 0 N–H and O–H groups in total. The average Bonchev–Trinajstić information content (AvgIpc) is 2.30. The molecule has 0 amide bonds. The van der Waals surface area contributed by atoms with E-state index in [0.29, 0.717) is 0 Å². The Morgan fingerprint density at radius 3 is 1.24 bits per heavy atom. The van der Waals surface area contributed by atoms with Gasteiger partial charge in [-0.15, -0.1) is 4.33 Å². The molecule has 1 unspecified atom stereocenters. The van der Waals surface area contributed by atoms with Gasteiger partial charge in [0.15, 0.2) is 0 Å². The third kappa shape index (κ3) is 39.6. The standard InChI is InChI=1S/2C3H6O2.C2H6O4S/c2*1-3(4)5-2;1-4-6-7(3)5-2/h2*1-2H3;1-2H3. The van der Waals surface area contributed by atoms with Gasteiger partial charge in [-0.05, 0) is 0 Å². The van der Waals surface area contributed by atoms with Crippen LogP contribution in [-0.4, -0.2) is 44.6 Å². The molecule has 0 aliphatic heterocycles. The maximum atomic E-state index is 9.95. The lowest BCUT2D eigenvalue weighted by Gasteiger charge is -1.90. The van der Waals surface area contributed by atoms with Gasteiger partial charge in [0.1, 0.15) is 0 Å². The highest BCUT2D eigenvalue weighted by atomic mass is 32.2. The van der Waals surface area contributed by atoms with Crippen LogP contribution in [0.2, 0.25) is 0 Å². The molecule has 0 aliphatic carbocycles. The summed E-state index contributed by atoms with van der Waals surface area (Å²) in [5, 5.41) is 0. The van der Waals surface area contributed by atoms with Crippen LogP contribution in [0.4, 0.5) is 0 Å². The van der Waals surface area contributed by atoms with Gasteiger partial charge in [0.05, 0.1) is 28.4 Å². The molecule has 9 heteroatoms. The number of methoxy groups -OCH3 is 2. The molecule has 0 aromatic rings. The van der Waals surface area contributed by atoms with Gasteiger partial charge >= 0.3 is 23.3 Å². The van der Waals surface area contributed by atoms with Gasteiger partial charge in [-0.25, -0.2) is 4.89 Å². The van der Waals surface area contributed by atoms with Crippen LogP contribution in [0, 0.1) is 0 Å². The van der Waals surface area contributed by atoms with E-state index >= 15 is 0 Å². The number of esters is 2. The molecule has 0 aliphatic rings. The van der Waals surface area contributed by atoms with Crippen molar-refractivity contribution in [3.8, 4) is 0 Å². The van der Waals surface area contributed by atoms with Gasteiger partial charge in [-0.1, -0.05) is 0 Å². The molecule has 17 heavy (non-hydrogen) atoms. The van der Waals surface area contributed by atoms with Crippen molar-refractivity contribution in [2.24, 2.45) is 0 Å². The van der Waals surface area contributed by atoms with Gasteiger partial charge in [-0.3, -0.25) is 13.8 Å². The zero-order chi connectivity index (χ0) is 14.3. The molecule has 0 saturated carbocycles. The molecule has 0 radical (unpaired) electrons. The van der Waals surface area contributed by atoms with Crippen molar-refractivity contribution in [3.63, 3.8) is 0 Å². The van der Waals surface area contributed by atoms with Crippen molar-refractivity contribution in [2.75, 3.05) is 28.4 Å². The monoisotopic (exact) mass is 274 g/mol. The Hall–Kier alpha value is -1.03. The Balaban J connectivity index is -0.000000177. The summed E-state index contributed by atoms with van der Waals surface area (Å²) in [6.45, 7) is 2.72. The predicted octanol–water partition coefficient (Wildman–Crippen LogP) is 0.148. The molecule has 8 nitrogen and oxygen atoms in total. The first-order valence-corrected chi connectivity index (χ1v) is 5.12. The molecule has 0 saturated heterocycles. The van der Waals surface area contributed by atoms with Crippen LogP contribution in [0.3, 0.4) is 0 Å². The van der Waals surface area contributed by atoms with E-state index in [2.05, 4.69) is 22.9 Å². The first-order valence-electron chi connectivity index (χ1n) is 4.12. The van der Waals surface area contributed by atoms with Gasteiger partial charge in [-0.2, -0.15) is 4.21 Å². The van der Waals surface area contributed by atoms with Crippen molar-refractivity contribution in [2.45, 2.75) is 13.8 Å². The fraction of sp³-hybridized carbons (Fsp3) is 0.750. The predicted molar refractivity (Wildman–Crippen MR) is 58.6 cm³/mol. The lowest BCUT2D eigenvalue weighted by molar-refractivity contribution is -0.173. The second kappa shape index (κ2) is 17.4. The van der Waals surface area contributed by atoms with Crippen molar-refractivity contribution >= 4 is 23.3 Å². The maximum Gasteiger partial charge on any atom is 0.333 e. The lowest BCUT2D eigenvalue weighted by atomic mass is 10.8. The third-order valence-corrected chi connectivity index (χ3v) is 1.35. The van der Waals surface area contributed by atoms with E-state index < -0.39 is 11.4 Å². The van der Waals surface area contributed by atoms with E-state index in [0.717, 1.165) is 0 Å². The van der Waals surface area contributed by atoms with Crippen LogP contribution in [0.5, 0.6) is 0 Å². The summed E-state index contributed by atoms with van der Waals surface area (Å²) < 4.78 is 26.2. The number of rotatable bonds is 3. The summed E-state index contributed by atoms with van der Waals surface area (Å²) in [7, 11) is 5.19. The number of hydrogen-bond donors (Lipinski definition) is 0. The van der Waals surface area contributed by atoms with Crippen LogP contribution in [0.1, 0.15) is 13.8 Å². The normalized spacial score (nSPS) is 9.76. The molecule has 0 fully saturated rings. The van der Waals surface area contributed by atoms with Crippen molar-refractivity contribution in [3.05, 3.63) is 0 Å². The summed E-state index contributed by atoms with van der Waals surface area (Å²) in [5.41, 5.74) is 0. The lowest BCUT2D eigenvalue weighted by Crippen LogP contribution is -1.96. The van der Waals surface area contributed by atoms with Gasteiger partial charge in [0, 0.05) is 13.8 Å². The summed E-state index contributed by atoms with van der Waals surface area (Å²) in [6, 6.07) is 0. The molecule has 0 spiro atoms. The zero-order valence-corrected chi connectivity index (χ0v) is 11.5.